The number of rotatable bonds is 2. The van der Waals surface area contributed by atoms with Crippen LogP contribution in [0.2, 0.25) is 5.02 Å². The molecule has 0 aromatic heterocycles. The maximum atomic E-state index is 12.8. The van der Waals surface area contributed by atoms with Gasteiger partial charge in [-0.1, -0.05) is 71.3 Å². The molecule has 0 atom stereocenters. The Morgan fingerprint density at radius 3 is 2.12 bits per heavy atom. The topological polar surface area (TPSA) is 49.3 Å². The molecule has 4 heteroatoms. The van der Waals surface area contributed by atoms with E-state index < -0.39 is 0 Å². The van der Waals surface area contributed by atoms with Gasteiger partial charge in [0.1, 0.15) is 5.75 Å². The van der Waals surface area contributed by atoms with Crippen LogP contribution < -0.4 is 5.32 Å². The van der Waals surface area contributed by atoms with Crippen LogP contribution in [0.25, 0.3) is 0 Å². The molecule has 1 amide bonds. The fourth-order valence-electron chi connectivity index (χ4n) is 2.56. The zero-order chi connectivity index (χ0) is 19.0. The van der Waals surface area contributed by atoms with Crippen molar-refractivity contribution in [2.45, 2.75) is 52.4 Å². The number of benzene rings is 2. The quantitative estimate of drug-likeness (QED) is 0.702. The maximum absolute atomic E-state index is 12.8. The number of phenols is 1. The fourth-order valence-corrected chi connectivity index (χ4v) is 2.75. The van der Waals surface area contributed by atoms with Gasteiger partial charge in [-0.3, -0.25) is 4.79 Å². The van der Waals surface area contributed by atoms with Crippen LogP contribution in [0, 0.1) is 0 Å². The van der Waals surface area contributed by atoms with E-state index in [1.54, 1.807) is 30.3 Å². The smallest absolute Gasteiger partial charge is 0.259 e. The van der Waals surface area contributed by atoms with Crippen LogP contribution >= 0.6 is 11.6 Å². The Kier molecular flexibility index (Phi) is 5.19. The molecule has 2 rings (SSSR count). The molecular formula is C21H26ClNO2. The average molecular weight is 360 g/mol. The van der Waals surface area contributed by atoms with Crippen molar-refractivity contribution in [2.75, 3.05) is 5.32 Å². The van der Waals surface area contributed by atoms with Crippen molar-refractivity contribution in [3.63, 3.8) is 0 Å². The molecule has 0 aliphatic rings. The van der Waals surface area contributed by atoms with Crippen molar-refractivity contribution in [3.05, 3.63) is 58.1 Å². The molecule has 2 aromatic carbocycles. The lowest BCUT2D eigenvalue weighted by atomic mass is 9.79. The lowest BCUT2D eigenvalue weighted by molar-refractivity contribution is 0.102. The Labute approximate surface area is 155 Å². The molecule has 0 saturated heterocycles. The van der Waals surface area contributed by atoms with Crippen molar-refractivity contribution in [1.29, 1.82) is 0 Å². The number of carbonyl (C=O) groups is 1. The molecule has 0 spiro atoms. The van der Waals surface area contributed by atoms with E-state index in [4.69, 9.17) is 11.6 Å². The zero-order valence-electron chi connectivity index (χ0n) is 15.7. The highest BCUT2D eigenvalue weighted by Gasteiger charge is 2.27. The first-order chi connectivity index (χ1) is 11.4. The summed E-state index contributed by atoms with van der Waals surface area (Å²) in [6, 6.07) is 10.8. The Morgan fingerprint density at radius 1 is 1.00 bits per heavy atom. The minimum Gasteiger partial charge on any atom is -0.507 e. The highest BCUT2D eigenvalue weighted by Crippen LogP contribution is 2.38. The Morgan fingerprint density at radius 2 is 1.60 bits per heavy atom. The molecule has 0 aliphatic heterocycles. The van der Waals surface area contributed by atoms with Gasteiger partial charge in [-0.2, -0.15) is 0 Å². The molecule has 3 nitrogen and oxygen atoms in total. The Hall–Kier alpha value is -2.00. The summed E-state index contributed by atoms with van der Waals surface area (Å²) in [4.78, 5) is 12.8. The number of phenolic OH excluding ortho intramolecular Hbond substituents is 1. The van der Waals surface area contributed by atoms with Crippen LogP contribution in [0.15, 0.2) is 36.4 Å². The standard InChI is InChI=1S/C21H26ClNO2/c1-20(2,3)13-11-14(18(24)15(12-13)21(4,5)6)19(25)23-17-10-8-7-9-16(17)22/h7-12,24H,1-6H3,(H,23,25). The number of halogens is 1. The van der Waals surface area contributed by atoms with E-state index in [0.717, 1.165) is 11.1 Å². The Bertz CT molecular complexity index is 799. The molecular weight excluding hydrogens is 334 g/mol. The predicted octanol–water partition coefficient (Wildman–Crippen LogP) is 5.89. The van der Waals surface area contributed by atoms with Gasteiger partial charge in [0, 0.05) is 5.56 Å². The number of para-hydroxylation sites is 1. The minimum absolute atomic E-state index is 0.0186. The number of anilines is 1. The van der Waals surface area contributed by atoms with Crippen LogP contribution in [0.5, 0.6) is 5.75 Å². The first kappa shape index (κ1) is 19.3. The number of hydrogen-bond donors (Lipinski definition) is 2. The van der Waals surface area contributed by atoms with Crippen molar-refractivity contribution >= 4 is 23.2 Å². The van der Waals surface area contributed by atoms with Gasteiger partial charge >= 0.3 is 0 Å². The lowest BCUT2D eigenvalue weighted by Crippen LogP contribution is -2.20. The molecule has 134 valence electrons. The van der Waals surface area contributed by atoms with Gasteiger partial charge in [0.05, 0.1) is 16.3 Å². The maximum Gasteiger partial charge on any atom is 0.259 e. The third-order valence-corrected chi connectivity index (χ3v) is 4.48. The number of carbonyl (C=O) groups excluding carboxylic acids is 1. The summed E-state index contributed by atoms with van der Waals surface area (Å²) in [5.74, 6) is -0.354. The number of hydrogen-bond acceptors (Lipinski definition) is 2. The van der Waals surface area contributed by atoms with Crippen molar-refractivity contribution in [1.82, 2.24) is 0 Å². The van der Waals surface area contributed by atoms with Crippen molar-refractivity contribution in [3.8, 4) is 5.75 Å². The van der Waals surface area contributed by atoms with Crippen molar-refractivity contribution < 1.29 is 9.90 Å². The normalized spacial score (nSPS) is 12.1. The molecule has 0 aliphatic carbocycles. The summed E-state index contributed by atoms with van der Waals surface area (Å²) in [6.07, 6.45) is 0. The van der Waals surface area contributed by atoms with Gasteiger partial charge in [-0.25, -0.2) is 0 Å². The second-order valence-electron chi connectivity index (χ2n) is 8.35. The summed E-state index contributed by atoms with van der Waals surface area (Å²) in [6.45, 7) is 12.3. The van der Waals surface area contributed by atoms with Gasteiger partial charge in [0.2, 0.25) is 0 Å². The molecule has 2 N–H and O–H groups in total. The van der Waals surface area contributed by atoms with Crippen LogP contribution in [-0.2, 0) is 10.8 Å². The largest absolute Gasteiger partial charge is 0.507 e. The van der Waals surface area contributed by atoms with Crippen LogP contribution in [0.3, 0.4) is 0 Å². The van der Waals surface area contributed by atoms with Crippen molar-refractivity contribution in [2.24, 2.45) is 0 Å². The second kappa shape index (κ2) is 6.72. The molecule has 0 unspecified atom stereocenters. The molecule has 2 aromatic rings. The Balaban J connectivity index is 2.56. The van der Waals surface area contributed by atoms with E-state index in [1.165, 1.54) is 0 Å². The molecule has 0 saturated carbocycles. The van der Waals surface area contributed by atoms with E-state index >= 15 is 0 Å². The third-order valence-electron chi connectivity index (χ3n) is 4.15. The first-order valence-corrected chi connectivity index (χ1v) is 8.73. The van der Waals surface area contributed by atoms with E-state index in [-0.39, 0.29) is 28.1 Å². The number of aromatic hydroxyl groups is 1. The van der Waals surface area contributed by atoms with E-state index in [2.05, 4.69) is 26.1 Å². The summed E-state index contributed by atoms with van der Waals surface area (Å²) in [5.41, 5.74) is 2.10. The predicted molar refractivity (Wildman–Crippen MR) is 105 cm³/mol. The lowest BCUT2D eigenvalue weighted by Gasteiger charge is -2.27. The summed E-state index contributed by atoms with van der Waals surface area (Å²) >= 11 is 6.13. The number of amides is 1. The SMILES string of the molecule is CC(C)(C)c1cc(C(=O)Nc2ccccc2Cl)c(O)c(C(C)(C)C)c1. The third kappa shape index (κ3) is 4.35. The minimum atomic E-state index is -0.373. The second-order valence-corrected chi connectivity index (χ2v) is 8.76. The molecule has 0 heterocycles. The van der Waals surface area contributed by atoms with E-state index in [0.29, 0.717) is 10.7 Å². The molecule has 0 radical (unpaired) electrons. The number of nitrogens with one attached hydrogen (secondary N) is 1. The summed E-state index contributed by atoms with van der Waals surface area (Å²) < 4.78 is 0. The molecule has 25 heavy (non-hydrogen) atoms. The van der Waals surface area contributed by atoms with Gasteiger partial charge in [-0.05, 0) is 34.6 Å². The summed E-state index contributed by atoms with van der Waals surface area (Å²) in [5, 5.41) is 14.0. The van der Waals surface area contributed by atoms with Gasteiger partial charge < -0.3 is 10.4 Å². The molecule has 0 fully saturated rings. The highest BCUT2D eigenvalue weighted by atomic mass is 35.5. The first-order valence-electron chi connectivity index (χ1n) is 8.35. The average Bonchev–Trinajstić information content (AvgIpc) is 2.47. The fraction of sp³-hybridized carbons (Fsp3) is 0.381. The van der Waals surface area contributed by atoms with Crippen LogP contribution in [-0.4, -0.2) is 11.0 Å². The summed E-state index contributed by atoms with van der Waals surface area (Å²) in [7, 11) is 0. The van der Waals surface area contributed by atoms with Gasteiger partial charge in [-0.15, -0.1) is 0 Å². The van der Waals surface area contributed by atoms with Crippen LogP contribution in [0.4, 0.5) is 5.69 Å². The highest BCUT2D eigenvalue weighted by molar-refractivity contribution is 6.33. The van der Waals surface area contributed by atoms with E-state index in [1.807, 2.05) is 26.8 Å². The zero-order valence-corrected chi connectivity index (χ0v) is 16.5. The monoisotopic (exact) mass is 359 g/mol. The van der Waals surface area contributed by atoms with Gasteiger partial charge in [0.25, 0.3) is 5.91 Å². The van der Waals surface area contributed by atoms with E-state index in [9.17, 15) is 9.90 Å². The molecule has 0 bridgehead atoms. The van der Waals surface area contributed by atoms with Gasteiger partial charge in [0.15, 0.2) is 0 Å². The van der Waals surface area contributed by atoms with Crippen LogP contribution in [0.1, 0.15) is 63.0 Å².